The van der Waals surface area contributed by atoms with Gasteiger partial charge < -0.3 is 10.2 Å². The van der Waals surface area contributed by atoms with E-state index < -0.39 is 0 Å². The lowest BCUT2D eigenvalue weighted by Gasteiger charge is -2.21. The molecule has 0 bridgehead atoms. The molecule has 0 spiro atoms. The molecule has 0 aliphatic carbocycles. The maximum Gasteiger partial charge on any atom is 0.226 e. The van der Waals surface area contributed by atoms with E-state index in [4.69, 9.17) is 11.6 Å². The van der Waals surface area contributed by atoms with Gasteiger partial charge in [0.2, 0.25) is 11.8 Å². The molecule has 0 heterocycles. The van der Waals surface area contributed by atoms with Crippen LogP contribution in [0, 0.1) is 12.7 Å². The number of benzene rings is 2. The van der Waals surface area contributed by atoms with Crippen molar-refractivity contribution in [2.75, 3.05) is 11.9 Å². The summed E-state index contributed by atoms with van der Waals surface area (Å²) in [7, 11) is 0. The van der Waals surface area contributed by atoms with Gasteiger partial charge in [-0.2, -0.15) is 0 Å². The summed E-state index contributed by atoms with van der Waals surface area (Å²) < 4.78 is 13.8. The molecule has 0 unspecified atom stereocenters. The summed E-state index contributed by atoms with van der Waals surface area (Å²) in [5.74, 6) is -0.812. The van der Waals surface area contributed by atoms with Crippen molar-refractivity contribution in [1.82, 2.24) is 4.90 Å². The highest BCUT2D eigenvalue weighted by Crippen LogP contribution is 2.20. The first-order valence-electron chi connectivity index (χ1n) is 7.91. The zero-order valence-corrected chi connectivity index (χ0v) is 14.9. The average molecular weight is 363 g/mol. The number of carbonyl (C=O) groups excluding carboxylic acids is 2. The number of rotatable bonds is 6. The standard InChI is InChI=1S/C19H20ClFN2O2/c1-13-7-8-16(20)11-18(13)22-19(25)9-10-23(14(2)24)12-15-5-3-4-6-17(15)21/h3-8,11H,9-10,12H2,1-2H3,(H,22,25). The largest absolute Gasteiger partial charge is 0.338 e. The highest BCUT2D eigenvalue weighted by molar-refractivity contribution is 6.31. The second-order valence-corrected chi connectivity index (χ2v) is 6.23. The van der Waals surface area contributed by atoms with Crippen molar-refractivity contribution in [3.8, 4) is 0 Å². The zero-order chi connectivity index (χ0) is 18.4. The Balaban J connectivity index is 1.96. The fourth-order valence-corrected chi connectivity index (χ4v) is 2.53. The Morgan fingerprint density at radius 3 is 2.60 bits per heavy atom. The lowest BCUT2D eigenvalue weighted by Crippen LogP contribution is -2.32. The quantitative estimate of drug-likeness (QED) is 0.838. The number of nitrogens with one attached hydrogen (secondary N) is 1. The minimum atomic E-state index is -0.368. The van der Waals surface area contributed by atoms with Crippen LogP contribution in [-0.4, -0.2) is 23.3 Å². The molecule has 0 aliphatic heterocycles. The molecule has 0 atom stereocenters. The van der Waals surface area contributed by atoms with E-state index in [1.54, 1.807) is 30.3 Å². The van der Waals surface area contributed by atoms with Gasteiger partial charge in [0, 0.05) is 42.7 Å². The van der Waals surface area contributed by atoms with Crippen LogP contribution in [0.1, 0.15) is 24.5 Å². The number of hydrogen-bond donors (Lipinski definition) is 1. The zero-order valence-electron chi connectivity index (χ0n) is 14.2. The molecule has 4 nitrogen and oxygen atoms in total. The normalized spacial score (nSPS) is 10.4. The van der Waals surface area contributed by atoms with Crippen LogP contribution in [-0.2, 0) is 16.1 Å². The maximum absolute atomic E-state index is 13.8. The molecule has 25 heavy (non-hydrogen) atoms. The van der Waals surface area contributed by atoms with E-state index in [-0.39, 0.29) is 37.1 Å². The van der Waals surface area contributed by atoms with Crippen molar-refractivity contribution in [3.63, 3.8) is 0 Å². The van der Waals surface area contributed by atoms with Crippen molar-refractivity contribution in [1.29, 1.82) is 0 Å². The first-order chi connectivity index (χ1) is 11.9. The molecule has 0 saturated carbocycles. The monoisotopic (exact) mass is 362 g/mol. The summed E-state index contributed by atoms with van der Waals surface area (Å²) >= 11 is 5.93. The molecule has 0 radical (unpaired) electrons. The molecule has 0 fully saturated rings. The maximum atomic E-state index is 13.8. The second-order valence-electron chi connectivity index (χ2n) is 5.79. The van der Waals surface area contributed by atoms with Crippen LogP contribution in [0.15, 0.2) is 42.5 Å². The molecule has 0 aromatic heterocycles. The molecule has 1 N–H and O–H groups in total. The van der Waals surface area contributed by atoms with Gasteiger partial charge in [-0.1, -0.05) is 35.9 Å². The smallest absolute Gasteiger partial charge is 0.226 e. The van der Waals surface area contributed by atoms with Gasteiger partial charge in [0.1, 0.15) is 5.82 Å². The third-order valence-corrected chi connectivity index (χ3v) is 4.08. The highest BCUT2D eigenvalue weighted by atomic mass is 35.5. The van der Waals surface area contributed by atoms with E-state index in [9.17, 15) is 14.0 Å². The minimum Gasteiger partial charge on any atom is -0.338 e. The Kier molecular flexibility index (Phi) is 6.53. The van der Waals surface area contributed by atoms with Gasteiger partial charge in [0.05, 0.1) is 0 Å². The number of anilines is 1. The molecule has 132 valence electrons. The molecule has 2 amide bonds. The number of nitrogens with zero attached hydrogens (tertiary/aromatic N) is 1. The Morgan fingerprint density at radius 2 is 1.92 bits per heavy atom. The predicted molar refractivity (Wildman–Crippen MR) is 96.9 cm³/mol. The number of halogens is 2. The van der Waals surface area contributed by atoms with Gasteiger partial charge in [-0.15, -0.1) is 0 Å². The number of carbonyl (C=O) groups is 2. The topological polar surface area (TPSA) is 49.4 Å². The lowest BCUT2D eigenvalue weighted by molar-refractivity contribution is -0.130. The third-order valence-electron chi connectivity index (χ3n) is 3.85. The van der Waals surface area contributed by atoms with Gasteiger partial charge in [-0.25, -0.2) is 4.39 Å². The first-order valence-corrected chi connectivity index (χ1v) is 8.29. The first kappa shape index (κ1) is 18.9. The molecular formula is C19H20ClFN2O2. The van der Waals surface area contributed by atoms with Crippen LogP contribution in [0.2, 0.25) is 5.02 Å². The summed E-state index contributed by atoms with van der Waals surface area (Å²) in [6.45, 7) is 3.60. The predicted octanol–water partition coefficient (Wildman–Crippen LogP) is 4.16. The van der Waals surface area contributed by atoms with E-state index in [0.29, 0.717) is 16.3 Å². The number of aryl methyl sites for hydroxylation is 1. The number of hydrogen-bond acceptors (Lipinski definition) is 2. The fraction of sp³-hybridized carbons (Fsp3) is 0.263. The van der Waals surface area contributed by atoms with Gasteiger partial charge in [0.25, 0.3) is 0 Å². The van der Waals surface area contributed by atoms with Crippen molar-refractivity contribution in [2.24, 2.45) is 0 Å². The molecule has 0 aliphatic rings. The molecule has 0 saturated heterocycles. The van der Waals surface area contributed by atoms with E-state index in [0.717, 1.165) is 5.56 Å². The van der Waals surface area contributed by atoms with Crippen LogP contribution < -0.4 is 5.32 Å². The van der Waals surface area contributed by atoms with Crippen LogP contribution in [0.4, 0.5) is 10.1 Å². The Morgan fingerprint density at radius 1 is 1.20 bits per heavy atom. The van der Waals surface area contributed by atoms with Gasteiger partial charge in [-0.05, 0) is 30.7 Å². The van der Waals surface area contributed by atoms with Crippen molar-refractivity contribution >= 4 is 29.1 Å². The summed E-state index contributed by atoms with van der Waals surface area (Å²) in [5, 5.41) is 3.32. The van der Waals surface area contributed by atoms with Gasteiger partial charge in [-0.3, -0.25) is 9.59 Å². The van der Waals surface area contributed by atoms with Gasteiger partial charge >= 0.3 is 0 Å². The molecule has 2 rings (SSSR count). The Bertz CT molecular complexity index is 780. The Hall–Kier alpha value is -2.40. The van der Waals surface area contributed by atoms with Crippen LogP contribution >= 0.6 is 11.6 Å². The molecular weight excluding hydrogens is 343 g/mol. The Labute approximate surface area is 151 Å². The summed E-state index contributed by atoms with van der Waals surface area (Å²) in [6.07, 6.45) is 0.111. The summed E-state index contributed by atoms with van der Waals surface area (Å²) in [6, 6.07) is 11.5. The molecule has 2 aromatic carbocycles. The van der Waals surface area contributed by atoms with E-state index in [1.165, 1.54) is 17.9 Å². The number of amides is 2. The van der Waals surface area contributed by atoms with E-state index >= 15 is 0 Å². The SMILES string of the molecule is CC(=O)N(CCC(=O)Nc1cc(Cl)ccc1C)Cc1ccccc1F. The van der Waals surface area contributed by atoms with Crippen LogP contribution in [0.3, 0.4) is 0 Å². The molecule has 6 heteroatoms. The van der Waals surface area contributed by atoms with Crippen molar-refractivity contribution < 1.29 is 14.0 Å². The van der Waals surface area contributed by atoms with E-state index in [2.05, 4.69) is 5.32 Å². The van der Waals surface area contributed by atoms with Gasteiger partial charge in [0.15, 0.2) is 0 Å². The van der Waals surface area contributed by atoms with Crippen molar-refractivity contribution in [2.45, 2.75) is 26.8 Å². The highest BCUT2D eigenvalue weighted by Gasteiger charge is 2.14. The van der Waals surface area contributed by atoms with Crippen LogP contribution in [0.5, 0.6) is 0 Å². The summed E-state index contributed by atoms with van der Waals surface area (Å²) in [4.78, 5) is 25.4. The van der Waals surface area contributed by atoms with Crippen molar-refractivity contribution in [3.05, 3.63) is 64.4 Å². The van der Waals surface area contributed by atoms with E-state index in [1.807, 2.05) is 13.0 Å². The fourth-order valence-electron chi connectivity index (χ4n) is 2.36. The minimum absolute atomic E-state index is 0.111. The second kappa shape index (κ2) is 8.62. The molecule has 2 aromatic rings. The van der Waals surface area contributed by atoms with Crippen LogP contribution in [0.25, 0.3) is 0 Å². The average Bonchev–Trinajstić information content (AvgIpc) is 2.56. The summed E-state index contributed by atoms with van der Waals surface area (Å²) in [5.41, 5.74) is 1.96. The third kappa shape index (κ3) is 5.57. The lowest BCUT2D eigenvalue weighted by atomic mass is 10.2.